The van der Waals surface area contributed by atoms with Gasteiger partial charge in [0.2, 0.25) is 0 Å². The van der Waals surface area contributed by atoms with E-state index in [0.29, 0.717) is 24.3 Å². The van der Waals surface area contributed by atoms with Crippen LogP contribution in [0, 0.1) is 12.8 Å². The Bertz CT molecular complexity index is 403. The highest BCUT2D eigenvalue weighted by atomic mass is 16.3. The Morgan fingerprint density at radius 3 is 2.59 bits per heavy atom. The fraction of sp³-hybridized carbons (Fsp3) is 0.571. The molecule has 3 heteroatoms. The van der Waals surface area contributed by atoms with Gasteiger partial charge in [0.1, 0.15) is 5.60 Å². The minimum absolute atomic E-state index is 0.170. The van der Waals surface area contributed by atoms with E-state index in [1.165, 1.54) is 0 Å². The molecule has 0 radical (unpaired) electrons. The minimum Gasteiger partial charge on any atom is -0.382 e. The van der Waals surface area contributed by atoms with E-state index >= 15 is 0 Å². The van der Waals surface area contributed by atoms with Gasteiger partial charge in [0.15, 0.2) is 5.78 Å². The second-order valence-electron chi connectivity index (χ2n) is 5.23. The van der Waals surface area contributed by atoms with Crippen LogP contribution < -0.4 is 0 Å². The maximum Gasteiger partial charge on any atom is 0.195 e. The van der Waals surface area contributed by atoms with Gasteiger partial charge in [0.05, 0.1) is 0 Å². The van der Waals surface area contributed by atoms with Crippen LogP contribution in [-0.2, 0) is 0 Å². The van der Waals surface area contributed by atoms with Crippen molar-refractivity contribution in [1.29, 1.82) is 0 Å². The highest BCUT2D eigenvalue weighted by molar-refractivity contribution is 6.02. The first kappa shape index (κ1) is 12.2. The van der Waals surface area contributed by atoms with E-state index in [-0.39, 0.29) is 5.78 Å². The third-order valence-corrected chi connectivity index (χ3v) is 3.70. The van der Waals surface area contributed by atoms with Crippen molar-refractivity contribution in [2.24, 2.45) is 5.92 Å². The van der Waals surface area contributed by atoms with Crippen molar-refractivity contribution in [3.8, 4) is 0 Å². The second-order valence-corrected chi connectivity index (χ2v) is 5.23. The van der Waals surface area contributed by atoms with Gasteiger partial charge in [-0.3, -0.25) is 9.78 Å². The van der Waals surface area contributed by atoms with Crippen molar-refractivity contribution in [3.05, 3.63) is 29.6 Å². The monoisotopic (exact) mass is 233 g/mol. The van der Waals surface area contributed by atoms with Crippen molar-refractivity contribution < 1.29 is 9.90 Å². The van der Waals surface area contributed by atoms with Crippen LogP contribution in [0.2, 0.25) is 0 Å². The first-order valence-electron chi connectivity index (χ1n) is 6.21. The molecule has 0 atom stereocenters. The van der Waals surface area contributed by atoms with E-state index in [1.54, 1.807) is 12.3 Å². The van der Waals surface area contributed by atoms with E-state index in [4.69, 9.17) is 0 Å². The third-order valence-electron chi connectivity index (χ3n) is 3.70. The Balaban J connectivity index is 2.16. The SMILES string of the molecule is Cc1ccc(C(=O)C2(O)CCC(C)CC2)cn1. The lowest BCUT2D eigenvalue weighted by Crippen LogP contribution is -2.41. The molecule has 3 nitrogen and oxygen atoms in total. The first-order chi connectivity index (χ1) is 8.01. The van der Waals surface area contributed by atoms with Crippen LogP contribution in [0.25, 0.3) is 0 Å². The maximum atomic E-state index is 12.2. The van der Waals surface area contributed by atoms with Crippen LogP contribution in [0.3, 0.4) is 0 Å². The lowest BCUT2D eigenvalue weighted by Gasteiger charge is -2.33. The molecular formula is C14H19NO2. The summed E-state index contributed by atoms with van der Waals surface area (Å²) in [6, 6.07) is 3.56. The van der Waals surface area contributed by atoms with Crippen LogP contribution in [0.5, 0.6) is 0 Å². The summed E-state index contributed by atoms with van der Waals surface area (Å²) in [4.78, 5) is 16.4. The van der Waals surface area contributed by atoms with Crippen molar-refractivity contribution in [3.63, 3.8) is 0 Å². The van der Waals surface area contributed by atoms with Crippen LogP contribution in [0.4, 0.5) is 0 Å². The Kier molecular flexibility index (Phi) is 3.29. The van der Waals surface area contributed by atoms with Gasteiger partial charge in [0, 0.05) is 17.5 Å². The predicted molar refractivity (Wildman–Crippen MR) is 65.9 cm³/mol. The summed E-state index contributed by atoms with van der Waals surface area (Å²) in [7, 11) is 0. The number of Topliss-reactive ketones (excluding diaryl/α,β-unsaturated/α-hetero) is 1. The Morgan fingerprint density at radius 1 is 1.41 bits per heavy atom. The molecule has 1 fully saturated rings. The molecule has 1 saturated carbocycles. The average Bonchev–Trinajstić information content (AvgIpc) is 2.33. The number of carbonyl (C=O) groups is 1. The smallest absolute Gasteiger partial charge is 0.195 e. The molecule has 1 aliphatic carbocycles. The molecule has 1 N–H and O–H groups in total. The molecule has 0 aromatic carbocycles. The first-order valence-corrected chi connectivity index (χ1v) is 6.21. The highest BCUT2D eigenvalue weighted by Gasteiger charge is 2.39. The molecule has 2 rings (SSSR count). The fourth-order valence-corrected chi connectivity index (χ4v) is 2.34. The molecule has 1 heterocycles. The van der Waals surface area contributed by atoms with Crippen LogP contribution in [-0.4, -0.2) is 21.5 Å². The Hall–Kier alpha value is -1.22. The molecule has 1 aromatic heterocycles. The van der Waals surface area contributed by atoms with Crippen LogP contribution in [0.15, 0.2) is 18.3 Å². The van der Waals surface area contributed by atoms with Crippen molar-refractivity contribution in [2.75, 3.05) is 0 Å². The van der Waals surface area contributed by atoms with Gasteiger partial charge >= 0.3 is 0 Å². The number of hydrogen-bond acceptors (Lipinski definition) is 3. The van der Waals surface area contributed by atoms with Gasteiger partial charge in [-0.1, -0.05) is 6.92 Å². The molecule has 0 saturated heterocycles. The van der Waals surface area contributed by atoms with Crippen molar-refractivity contribution >= 4 is 5.78 Å². The standard InChI is InChI=1S/C14H19NO2/c1-10-5-7-14(17,8-6-10)13(16)12-4-3-11(2)15-9-12/h3-4,9-10,17H,5-8H2,1-2H3. The van der Waals surface area contributed by atoms with Crippen LogP contribution >= 0.6 is 0 Å². The summed E-state index contributed by atoms with van der Waals surface area (Å²) in [5, 5.41) is 10.4. The predicted octanol–water partition coefficient (Wildman–Crippen LogP) is 2.51. The van der Waals surface area contributed by atoms with Crippen molar-refractivity contribution in [1.82, 2.24) is 4.98 Å². The number of aryl methyl sites for hydroxylation is 1. The van der Waals surface area contributed by atoms with Gasteiger partial charge in [-0.25, -0.2) is 0 Å². The molecule has 92 valence electrons. The van der Waals surface area contributed by atoms with E-state index in [2.05, 4.69) is 11.9 Å². The fourth-order valence-electron chi connectivity index (χ4n) is 2.34. The van der Waals surface area contributed by atoms with Crippen LogP contribution in [0.1, 0.15) is 48.7 Å². The molecule has 0 aliphatic heterocycles. The quantitative estimate of drug-likeness (QED) is 0.798. The van der Waals surface area contributed by atoms with E-state index in [0.717, 1.165) is 18.5 Å². The molecule has 0 spiro atoms. The zero-order valence-corrected chi connectivity index (χ0v) is 10.4. The molecule has 1 aromatic rings. The van der Waals surface area contributed by atoms with E-state index in [9.17, 15) is 9.90 Å². The summed E-state index contributed by atoms with van der Waals surface area (Å²) in [6.07, 6.45) is 4.54. The van der Waals surface area contributed by atoms with Gasteiger partial charge in [0.25, 0.3) is 0 Å². The number of rotatable bonds is 2. The molecule has 17 heavy (non-hydrogen) atoms. The summed E-state index contributed by atoms with van der Waals surface area (Å²) >= 11 is 0. The Morgan fingerprint density at radius 2 is 2.06 bits per heavy atom. The number of ketones is 1. The normalized spacial score (nSPS) is 29.0. The zero-order chi connectivity index (χ0) is 12.5. The number of carbonyl (C=O) groups excluding carboxylic acids is 1. The maximum absolute atomic E-state index is 12.2. The number of aliphatic hydroxyl groups is 1. The summed E-state index contributed by atoms with van der Waals surface area (Å²) in [6.45, 7) is 4.04. The highest BCUT2D eigenvalue weighted by Crippen LogP contribution is 2.34. The van der Waals surface area contributed by atoms with Gasteiger partial charge in [-0.2, -0.15) is 0 Å². The number of pyridine rings is 1. The van der Waals surface area contributed by atoms with Gasteiger partial charge < -0.3 is 5.11 Å². The van der Waals surface area contributed by atoms with Gasteiger partial charge in [-0.15, -0.1) is 0 Å². The number of hydrogen-bond donors (Lipinski definition) is 1. The average molecular weight is 233 g/mol. The summed E-state index contributed by atoms with van der Waals surface area (Å²) in [5.41, 5.74) is 0.238. The minimum atomic E-state index is -1.16. The largest absolute Gasteiger partial charge is 0.382 e. The molecular weight excluding hydrogens is 214 g/mol. The zero-order valence-electron chi connectivity index (χ0n) is 10.4. The molecule has 1 aliphatic rings. The number of nitrogens with zero attached hydrogens (tertiary/aromatic N) is 1. The Labute approximate surface area is 102 Å². The lowest BCUT2D eigenvalue weighted by atomic mass is 9.76. The number of aromatic nitrogens is 1. The van der Waals surface area contributed by atoms with E-state index < -0.39 is 5.60 Å². The molecule has 0 unspecified atom stereocenters. The summed E-state index contributed by atoms with van der Waals surface area (Å²) < 4.78 is 0. The lowest BCUT2D eigenvalue weighted by molar-refractivity contribution is 0.00423. The van der Waals surface area contributed by atoms with Gasteiger partial charge in [-0.05, 0) is 50.7 Å². The summed E-state index contributed by atoms with van der Waals surface area (Å²) in [5.74, 6) is 0.441. The van der Waals surface area contributed by atoms with Crippen molar-refractivity contribution in [2.45, 2.75) is 45.1 Å². The topological polar surface area (TPSA) is 50.2 Å². The second kappa shape index (κ2) is 4.57. The van der Waals surface area contributed by atoms with E-state index in [1.807, 2.05) is 13.0 Å². The molecule has 0 bridgehead atoms. The third kappa shape index (κ3) is 2.55. The molecule has 0 amide bonds.